The lowest BCUT2D eigenvalue weighted by atomic mass is 9.68. The number of aliphatic imine (C=N–C) groups is 1. The van der Waals surface area contributed by atoms with Crippen LogP contribution in [0, 0.1) is 11.5 Å². The Balaban J connectivity index is 1.37. The third kappa shape index (κ3) is 9.91. The smallest absolute Gasteiger partial charge is 0.453 e. The number of fused-ring (bicyclic) bond motifs is 1. The van der Waals surface area contributed by atoms with Gasteiger partial charge in [-0.15, -0.1) is 11.8 Å². The summed E-state index contributed by atoms with van der Waals surface area (Å²) >= 11 is 1.76. The molecule has 0 saturated carbocycles. The number of thioether (sulfide) groups is 1. The van der Waals surface area contributed by atoms with Crippen molar-refractivity contribution in [2.24, 2.45) is 4.99 Å². The predicted octanol–water partition coefficient (Wildman–Crippen LogP) is 8.36. The fraction of sp³-hybridized carbons (Fsp3) is 0.562. The number of nitrogens with one attached hydrogen (secondary N) is 2. The summed E-state index contributed by atoms with van der Waals surface area (Å²) in [5.74, 6) is -2.99. The molecule has 0 aliphatic carbocycles. The van der Waals surface area contributed by atoms with Gasteiger partial charge in [-0.05, 0) is 60.6 Å². The van der Waals surface area contributed by atoms with E-state index in [-0.39, 0.29) is 35.3 Å². The van der Waals surface area contributed by atoms with Crippen LogP contribution in [0.4, 0.5) is 22.0 Å². The number of hydrogen-bond donors (Lipinski definition) is 4. The number of rotatable bonds is 15. The van der Waals surface area contributed by atoms with Crippen LogP contribution >= 0.6 is 11.8 Å². The van der Waals surface area contributed by atoms with Gasteiger partial charge < -0.3 is 15.5 Å². The Morgan fingerprint density at radius 3 is 2.25 bits per heavy atom. The predicted molar refractivity (Wildman–Crippen MR) is 163 cm³/mol. The molecule has 1 aliphatic heterocycles. The molecular weight excluding hydrogens is 599 g/mol. The number of phenols is 2. The molecule has 0 amide bonds. The molecule has 0 aromatic heterocycles. The lowest BCUT2D eigenvalue weighted by Gasteiger charge is -2.43. The minimum atomic E-state index is -5.58. The summed E-state index contributed by atoms with van der Waals surface area (Å²) < 4.78 is 62.8. The highest BCUT2D eigenvalue weighted by atomic mass is 32.2. The largest absolute Gasteiger partial charge is 0.508 e. The first-order chi connectivity index (χ1) is 20.9. The number of benzene rings is 2. The van der Waals surface area contributed by atoms with Crippen molar-refractivity contribution in [3.8, 4) is 17.7 Å². The molecule has 0 spiro atoms. The Morgan fingerprint density at radius 2 is 1.59 bits per heavy atom. The number of aromatic hydroxyl groups is 2. The average molecular weight is 641 g/mol. The fourth-order valence-corrected chi connectivity index (χ4v) is 7.00. The van der Waals surface area contributed by atoms with Crippen LogP contribution in [0.25, 0.3) is 0 Å². The molecule has 12 heteroatoms. The summed E-state index contributed by atoms with van der Waals surface area (Å²) in [4.78, 5) is 5.03. The lowest BCUT2D eigenvalue weighted by Crippen LogP contribution is -2.37. The van der Waals surface area contributed by atoms with Crippen LogP contribution < -0.4 is 10.6 Å². The van der Waals surface area contributed by atoms with E-state index in [0.29, 0.717) is 6.54 Å². The number of nitrogens with zero attached hydrogens (tertiary/aromatic N) is 2. The second kappa shape index (κ2) is 16.2. The van der Waals surface area contributed by atoms with Crippen molar-refractivity contribution in [1.29, 1.82) is 5.26 Å². The monoisotopic (exact) mass is 640 g/mol. The highest BCUT2D eigenvalue weighted by Gasteiger charge is 2.56. The van der Waals surface area contributed by atoms with E-state index in [1.807, 2.05) is 24.3 Å². The normalized spacial score (nSPS) is 18.8. The summed E-state index contributed by atoms with van der Waals surface area (Å²) in [6.45, 7) is 2.52. The second-order valence-corrected chi connectivity index (χ2v) is 12.5. The summed E-state index contributed by atoms with van der Waals surface area (Å²) in [5, 5.41) is 33.9. The molecule has 0 bridgehead atoms. The van der Waals surface area contributed by atoms with Crippen LogP contribution in [0.15, 0.2) is 52.4 Å². The van der Waals surface area contributed by atoms with Crippen LogP contribution in [0.3, 0.4) is 0 Å². The van der Waals surface area contributed by atoms with E-state index in [1.54, 1.807) is 36.2 Å². The standard InChI is InChI=1S/C32H41F5N4O2S/c1-30(23-11-13-24(42)14-12-23)21-44-28-20-25(43)15-16-26(28)27(30)10-7-5-3-2-4-6-8-18-39-29(41-22-38)40-19-9-17-31(33,34)32(35,36)37/h11-16,20,27,42-43H,2-10,17-19,21H2,1H3,(H2,39,40,41). The molecule has 2 aromatic rings. The first kappa shape index (κ1) is 35.3. The van der Waals surface area contributed by atoms with Gasteiger partial charge in [0.25, 0.3) is 0 Å². The van der Waals surface area contributed by atoms with E-state index in [1.165, 1.54) is 11.1 Å². The topological polar surface area (TPSA) is 101 Å². The first-order valence-electron chi connectivity index (χ1n) is 15.0. The van der Waals surface area contributed by atoms with Crippen molar-refractivity contribution in [2.45, 2.75) is 99.5 Å². The molecule has 0 saturated heterocycles. The van der Waals surface area contributed by atoms with Crippen molar-refractivity contribution < 1.29 is 32.2 Å². The summed E-state index contributed by atoms with van der Waals surface area (Å²) in [6.07, 6.45) is 2.41. The average Bonchev–Trinajstić information content (AvgIpc) is 2.96. The molecule has 0 fully saturated rings. The summed E-state index contributed by atoms with van der Waals surface area (Å²) in [5.41, 5.74) is 2.35. The first-order valence-corrected chi connectivity index (χ1v) is 16.0. The van der Waals surface area contributed by atoms with Gasteiger partial charge >= 0.3 is 12.1 Å². The molecule has 2 unspecified atom stereocenters. The molecular formula is C32H41F5N4O2S. The maximum absolute atomic E-state index is 13.0. The van der Waals surface area contributed by atoms with Crippen LogP contribution in [0.5, 0.6) is 11.5 Å². The van der Waals surface area contributed by atoms with Gasteiger partial charge in [-0.3, -0.25) is 10.3 Å². The third-order valence-electron chi connectivity index (χ3n) is 8.17. The van der Waals surface area contributed by atoms with Crippen molar-refractivity contribution in [3.05, 3.63) is 53.6 Å². The molecule has 0 radical (unpaired) electrons. The number of halogens is 5. The molecule has 1 aliphatic rings. The van der Waals surface area contributed by atoms with Crippen LogP contribution in [0.2, 0.25) is 0 Å². The van der Waals surface area contributed by atoms with Crippen LogP contribution in [-0.2, 0) is 5.41 Å². The number of alkyl halides is 5. The van der Waals surface area contributed by atoms with Crippen molar-refractivity contribution in [2.75, 3.05) is 18.8 Å². The Bertz CT molecular complexity index is 1270. The van der Waals surface area contributed by atoms with Gasteiger partial charge in [-0.2, -0.15) is 27.2 Å². The zero-order valence-electron chi connectivity index (χ0n) is 24.9. The van der Waals surface area contributed by atoms with E-state index in [0.717, 1.165) is 62.0 Å². The van der Waals surface area contributed by atoms with Crippen molar-refractivity contribution in [3.63, 3.8) is 0 Å². The SMILES string of the molecule is CC1(c2ccc(O)cc2)CSc2cc(O)ccc2C1CCCCCCCCCNC(=NCCCC(F)(F)C(F)(F)F)NC#N. The Labute approximate surface area is 260 Å². The molecule has 44 heavy (non-hydrogen) atoms. The molecule has 2 aromatic carbocycles. The van der Waals surface area contributed by atoms with Gasteiger partial charge in [0.15, 0.2) is 6.19 Å². The highest BCUT2D eigenvalue weighted by molar-refractivity contribution is 7.99. The van der Waals surface area contributed by atoms with Gasteiger partial charge in [-0.1, -0.05) is 63.6 Å². The number of unbranched alkanes of at least 4 members (excludes halogenated alkanes) is 6. The van der Waals surface area contributed by atoms with Crippen LogP contribution in [0.1, 0.15) is 88.2 Å². The van der Waals surface area contributed by atoms with Gasteiger partial charge in [0, 0.05) is 35.6 Å². The van der Waals surface area contributed by atoms with E-state index >= 15 is 0 Å². The molecule has 1 heterocycles. The maximum atomic E-state index is 13.0. The maximum Gasteiger partial charge on any atom is 0.453 e. The van der Waals surface area contributed by atoms with Crippen LogP contribution in [-0.4, -0.2) is 47.1 Å². The lowest BCUT2D eigenvalue weighted by molar-refractivity contribution is -0.284. The quantitative estimate of drug-likeness (QED) is 0.0390. The van der Waals surface area contributed by atoms with Crippen molar-refractivity contribution in [1.82, 2.24) is 10.6 Å². The molecule has 6 nitrogen and oxygen atoms in total. The molecule has 3 rings (SSSR count). The minimum Gasteiger partial charge on any atom is -0.508 e. The van der Waals surface area contributed by atoms with Crippen molar-refractivity contribution >= 4 is 17.7 Å². The van der Waals surface area contributed by atoms with Gasteiger partial charge in [0.1, 0.15) is 11.5 Å². The van der Waals surface area contributed by atoms with E-state index in [2.05, 4.69) is 22.5 Å². The second-order valence-electron chi connectivity index (χ2n) is 11.5. The van der Waals surface area contributed by atoms with Gasteiger partial charge in [-0.25, -0.2) is 0 Å². The third-order valence-corrected chi connectivity index (χ3v) is 9.57. The number of hydrogen-bond acceptors (Lipinski definition) is 5. The van der Waals surface area contributed by atoms with Gasteiger partial charge in [0.2, 0.25) is 5.96 Å². The number of nitriles is 1. The Morgan fingerprint density at radius 1 is 0.955 bits per heavy atom. The fourth-order valence-electron chi connectivity index (χ4n) is 5.60. The van der Waals surface area contributed by atoms with Gasteiger partial charge in [0.05, 0.1) is 0 Å². The van der Waals surface area contributed by atoms with E-state index in [4.69, 9.17) is 5.26 Å². The molecule has 4 N–H and O–H groups in total. The molecule has 242 valence electrons. The number of guanidine groups is 1. The summed E-state index contributed by atoms with van der Waals surface area (Å²) in [6, 6.07) is 13.2. The van der Waals surface area contributed by atoms with E-state index in [9.17, 15) is 32.2 Å². The minimum absolute atomic E-state index is 0.0695. The Kier molecular flexibility index (Phi) is 13.0. The Hall–Kier alpha value is -3.20. The summed E-state index contributed by atoms with van der Waals surface area (Å²) in [7, 11) is 0. The molecule has 2 atom stereocenters. The zero-order valence-corrected chi connectivity index (χ0v) is 25.7. The number of phenolic OH excluding ortho intramolecular Hbond substituents is 2. The zero-order chi connectivity index (χ0) is 32.2. The van der Waals surface area contributed by atoms with E-state index < -0.39 is 24.9 Å². The highest BCUT2D eigenvalue weighted by Crippen LogP contribution is 2.52.